The summed E-state index contributed by atoms with van der Waals surface area (Å²) in [4.78, 5) is 56.7. The minimum atomic E-state index is -1.41. The van der Waals surface area contributed by atoms with Gasteiger partial charge in [-0.15, -0.1) is 0 Å². The van der Waals surface area contributed by atoms with Gasteiger partial charge in [0, 0.05) is 23.7 Å². The number of fused-ring (bicyclic) bond motifs is 2. The Bertz CT molecular complexity index is 1290. The molecule has 2 saturated heterocycles. The molecule has 0 bridgehead atoms. The predicted octanol–water partition coefficient (Wildman–Crippen LogP) is 1.19. The number of rotatable bonds is 5. The van der Waals surface area contributed by atoms with E-state index in [1.54, 1.807) is 17.2 Å². The molecule has 0 saturated carbocycles. The number of hydrogen-bond donors (Lipinski definition) is 3. The summed E-state index contributed by atoms with van der Waals surface area (Å²) in [7, 11) is 0. The van der Waals surface area contributed by atoms with Gasteiger partial charge in [-0.2, -0.15) is 0 Å². The summed E-state index contributed by atoms with van der Waals surface area (Å²) in [6.07, 6.45) is 8.93. The summed E-state index contributed by atoms with van der Waals surface area (Å²) in [6, 6.07) is 6.97. The molecular weight excluding hydrogens is 476 g/mol. The van der Waals surface area contributed by atoms with Crippen molar-refractivity contribution in [2.45, 2.75) is 62.6 Å². The van der Waals surface area contributed by atoms with Crippen LogP contribution in [0.5, 0.6) is 0 Å². The predicted molar refractivity (Wildman–Crippen MR) is 133 cm³/mol. The molecule has 3 N–H and O–H groups in total. The minimum Gasteiger partial charge on any atom is -0.434 e. The number of aliphatic hydroxyl groups is 1. The lowest BCUT2D eigenvalue weighted by molar-refractivity contribution is -0.155. The molecule has 0 radical (unpaired) electrons. The number of aliphatic hydroxyl groups excluding tert-OH is 1. The van der Waals surface area contributed by atoms with E-state index >= 15 is 0 Å². The molecule has 3 aliphatic rings. The molecule has 1 aromatic heterocycles. The Balaban J connectivity index is 1.29. The van der Waals surface area contributed by atoms with E-state index in [1.807, 2.05) is 42.5 Å². The van der Waals surface area contributed by atoms with Crippen LogP contribution in [0.2, 0.25) is 0 Å². The van der Waals surface area contributed by atoms with Crippen molar-refractivity contribution < 1.29 is 29.0 Å². The van der Waals surface area contributed by atoms with Gasteiger partial charge in [0.25, 0.3) is 0 Å². The first-order valence-electron chi connectivity index (χ1n) is 12.4. The van der Waals surface area contributed by atoms with E-state index in [0.29, 0.717) is 31.4 Å². The van der Waals surface area contributed by atoms with E-state index in [2.05, 4.69) is 15.6 Å². The average Bonchev–Trinajstić information content (AvgIpc) is 3.44. The number of carbonyl (C=O) groups is 4. The molecule has 5 atom stereocenters. The number of nitrogens with one attached hydrogen (secondary N) is 2. The molecule has 3 aliphatic heterocycles. The summed E-state index contributed by atoms with van der Waals surface area (Å²) in [5, 5.41) is 17.2. The number of aromatic nitrogens is 1. The van der Waals surface area contributed by atoms with Gasteiger partial charge in [0.15, 0.2) is 0 Å². The second-order valence-corrected chi connectivity index (χ2v) is 9.45. The molecule has 5 rings (SSSR count). The Hall–Kier alpha value is -4.05. The molecule has 10 heteroatoms. The van der Waals surface area contributed by atoms with Crippen molar-refractivity contribution >= 4 is 40.5 Å². The van der Waals surface area contributed by atoms with Crippen molar-refractivity contribution in [3.63, 3.8) is 0 Å². The second-order valence-electron chi connectivity index (χ2n) is 9.45. The number of esters is 1. The maximum absolute atomic E-state index is 13.6. The number of ether oxygens (including phenoxy) is 1. The second kappa shape index (κ2) is 10.5. The zero-order valence-electron chi connectivity index (χ0n) is 20.1. The highest BCUT2D eigenvalue weighted by atomic mass is 16.6. The fourth-order valence-corrected chi connectivity index (χ4v) is 5.19. The molecule has 5 unspecified atom stereocenters. The van der Waals surface area contributed by atoms with Crippen LogP contribution >= 0.6 is 0 Å². The molecule has 1 aromatic carbocycles. The number of cyclic esters (lactones) is 1. The van der Waals surface area contributed by atoms with Crippen LogP contribution in [0.1, 0.15) is 37.8 Å². The van der Waals surface area contributed by atoms with Crippen molar-refractivity contribution in [1.82, 2.24) is 20.5 Å². The smallest absolute Gasteiger partial charge is 0.310 e. The number of pyridine rings is 1. The first kappa shape index (κ1) is 24.6. The number of benzene rings is 1. The van der Waals surface area contributed by atoms with Gasteiger partial charge in [0.2, 0.25) is 24.0 Å². The van der Waals surface area contributed by atoms with Crippen molar-refractivity contribution in [2.75, 3.05) is 0 Å². The van der Waals surface area contributed by atoms with Crippen LogP contribution in [0.25, 0.3) is 16.8 Å². The van der Waals surface area contributed by atoms with Crippen molar-refractivity contribution in [3.8, 4) is 0 Å². The molecule has 0 aliphatic carbocycles. The zero-order valence-corrected chi connectivity index (χ0v) is 20.1. The summed E-state index contributed by atoms with van der Waals surface area (Å²) < 4.78 is 4.69. The van der Waals surface area contributed by atoms with Crippen LogP contribution in [-0.4, -0.2) is 69.1 Å². The highest BCUT2D eigenvalue weighted by molar-refractivity contribution is 5.99. The third kappa shape index (κ3) is 5.24. The number of nitrogens with zero attached hydrogens (tertiary/aromatic N) is 2. The van der Waals surface area contributed by atoms with Crippen molar-refractivity contribution in [2.24, 2.45) is 0 Å². The largest absolute Gasteiger partial charge is 0.434 e. The standard InChI is InChI=1S/C27H28N4O6/c32-23(12-10-19-18-7-3-1-5-16(18)13-14-28-19)29-20-8-4-2-6-17-9-11-22(31(17)26(20)35)25(34)30-21-15-24(33)37-27(21)36/h1-5,7,10,12-14,17,20-22,27,36H,6,8-9,11,15H2,(H,29,32)(H,30,34)/b4-2-,12-10?. The molecule has 2 fully saturated rings. The van der Waals surface area contributed by atoms with E-state index in [4.69, 9.17) is 4.74 Å². The van der Waals surface area contributed by atoms with E-state index in [0.717, 1.165) is 10.8 Å². The number of hydrogen-bond acceptors (Lipinski definition) is 7. The van der Waals surface area contributed by atoms with Gasteiger partial charge in [-0.05, 0) is 43.2 Å². The topological polar surface area (TPSA) is 138 Å². The van der Waals surface area contributed by atoms with Crippen LogP contribution in [0.3, 0.4) is 0 Å². The molecule has 10 nitrogen and oxygen atoms in total. The fraction of sp³-hybridized carbons (Fsp3) is 0.370. The Morgan fingerprint density at radius 3 is 2.70 bits per heavy atom. The van der Waals surface area contributed by atoms with E-state index < -0.39 is 42.2 Å². The van der Waals surface area contributed by atoms with Crippen LogP contribution in [0, 0.1) is 0 Å². The normalized spacial score (nSPS) is 28.5. The first-order valence-corrected chi connectivity index (χ1v) is 12.4. The molecule has 3 amide bonds. The SMILES string of the molecule is O=C(C=Cc1nccc2ccccc12)NC1C/C=C\CC2CCC(C(=O)NC3CC(=O)OC3O)N2C1=O. The van der Waals surface area contributed by atoms with E-state index in [9.17, 15) is 24.3 Å². The Labute approximate surface area is 213 Å². The number of amides is 3. The molecular formula is C27H28N4O6. The molecule has 37 heavy (non-hydrogen) atoms. The summed E-state index contributed by atoms with van der Waals surface area (Å²) in [5.74, 6) is -1.82. The van der Waals surface area contributed by atoms with Crippen LogP contribution < -0.4 is 10.6 Å². The highest BCUT2D eigenvalue weighted by Crippen LogP contribution is 2.30. The quantitative estimate of drug-likeness (QED) is 0.316. The van der Waals surface area contributed by atoms with E-state index in [-0.39, 0.29) is 18.4 Å². The lowest BCUT2D eigenvalue weighted by atomic mass is 10.0. The monoisotopic (exact) mass is 504 g/mol. The molecule has 0 spiro atoms. The van der Waals surface area contributed by atoms with Crippen LogP contribution in [0.15, 0.2) is 54.8 Å². The maximum atomic E-state index is 13.6. The first-order chi connectivity index (χ1) is 17.9. The average molecular weight is 505 g/mol. The lowest BCUT2D eigenvalue weighted by Gasteiger charge is -2.34. The minimum absolute atomic E-state index is 0.129. The fourth-order valence-electron chi connectivity index (χ4n) is 5.19. The van der Waals surface area contributed by atoms with Gasteiger partial charge < -0.3 is 25.4 Å². The maximum Gasteiger partial charge on any atom is 0.310 e. The zero-order chi connectivity index (χ0) is 25.9. The van der Waals surface area contributed by atoms with Gasteiger partial charge >= 0.3 is 5.97 Å². The van der Waals surface area contributed by atoms with Gasteiger partial charge in [-0.25, -0.2) is 0 Å². The summed E-state index contributed by atoms with van der Waals surface area (Å²) in [6.45, 7) is 0. The van der Waals surface area contributed by atoms with Gasteiger partial charge in [-0.1, -0.05) is 36.4 Å². The summed E-state index contributed by atoms with van der Waals surface area (Å²) in [5.41, 5.74) is 0.644. The summed E-state index contributed by atoms with van der Waals surface area (Å²) >= 11 is 0. The van der Waals surface area contributed by atoms with Gasteiger partial charge in [-0.3, -0.25) is 24.2 Å². The van der Waals surface area contributed by atoms with E-state index in [1.165, 1.54) is 6.08 Å². The van der Waals surface area contributed by atoms with Crippen LogP contribution in [0.4, 0.5) is 0 Å². The Morgan fingerprint density at radius 1 is 1.08 bits per heavy atom. The van der Waals surface area contributed by atoms with Crippen molar-refractivity contribution in [1.29, 1.82) is 0 Å². The van der Waals surface area contributed by atoms with Crippen molar-refractivity contribution in [3.05, 3.63) is 60.5 Å². The Kier molecular flexibility index (Phi) is 7.00. The highest BCUT2D eigenvalue weighted by Gasteiger charge is 2.45. The lowest BCUT2D eigenvalue weighted by Crippen LogP contribution is -2.57. The Morgan fingerprint density at radius 2 is 1.89 bits per heavy atom. The van der Waals surface area contributed by atoms with Gasteiger partial charge in [0.05, 0.1) is 12.1 Å². The number of carbonyl (C=O) groups excluding carboxylic acids is 4. The molecule has 192 valence electrons. The molecule has 2 aromatic rings. The molecule has 4 heterocycles. The third-order valence-corrected chi connectivity index (χ3v) is 7.03. The van der Waals surface area contributed by atoms with Crippen LogP contribution in [-0.2, 0) is 23.9 Å². The third-order valence-electron chi connectivity index (χ3n) is 7.03. The van der Waals surface area contributed by atoms with Gasteiger partial charge in [0.1, 0.15) is 18.1 Å².